The van der Waals surface area contributed by atoms with E-state index in [9.17, 15) is 4.79 Å². The third kappa shape index (κ3) is 2.73. The smallest absolute Gasteiger partial charge is 0.306 e. The highest BCUT2D eigenvalue weighted by Gasteiger charge is 2.22. The fourth-order valence-electron chi connectivity index (χ4n) is 2.75. The van der Waals surface area contributed by atoms with E-state index in [-0.39, 0.29) is 5.97 Å². The molecule has 0 amide bonds. The standard InChI is InChI=1S/C12H20O2/c13-12-9-11(7-8-14-12)6-5-10-3-1-2-4-10/h10-11H,1-9H2. The van der Waals surface area contributed by atoms with E-state index in [1.54, 1.807) is 0 Å². The van der Waals surface area contributed by atoms with Crippen molar-refractivity contribution in [3.05, 3.63) is 0 Å². The monoisotopic (exact) mass is 196 g/mol. The largest absolute Gasteiger partial charge is 0.466 e. The minimum Gasteiger partial charge on any atom is -0.466 e. The summed E-state index contributed by atoms with van der Waals surface area (Å²) >= 11 is 0. The third-order valence-electron chi connectivity index (χ3n) is 3.70. The van der Waals surface area contributed by atoms with Crippen LogP contribution in [0.2, 0.25) is 0 Å². The molecule has 1 unspecified atom stereocenters. The predicted octanol–water partition coefficient (Wildman–Crippen LogP) is 2.91. The topological polar surface area (TPSA) is 26.3 Å². The van der Waals surface area contributed by atoms with Crippen molar-refractivity contribution >= 4 is 5.97 Å². The second-order valence-corrected chi connectivity index (χ2v) is 4.81. The molecule has 1 saturated heterocycles. The summed E-state index contributed by atoms with van der Waals surface area (Å²) < 4.78 is 4.94. The van der Waals surface area contributed by atoms with Gasteiger partial charge in [0.25, 0.3) is 0 Å². The van der Waals surface area contributed by atoms with Crippen LogP contribution in [0.3, 0.4) is 0 Å². The van der Waals surface area contributed by atoms with Gasteiger partial charge < -0.3 is 4.74 Å². The minimum atomic E-state index is 0.0210. The fraction of sp³-hybridized carbons (Fsp3) is 0.917. The quantitative estimate of drug-likeness (QED) is 0.649. The van der Waals surface area contributed by atoms with Crippen LogP contribution in [0.5, 0.6) is 0 Å². The van der Waals surface area contributed by atoms with Gasteiger partial charge in [-0.05, 0) is 24.7 Å². The lowest BCUT2D eigenvalue weighted by Crippen LogP contribution is -2.21. The Balaban J connectivity index is 1.66. The summed E-state index contributed by atoms with van der Waals surface area (Å²) in [6, 6.07) is 0. The molecule has 1 heterocycles. The van der Waals surface area contributed by atoms with Gasteiger partial charge >= 0.3 is 5.97 Å². The molecule has 0 spiro atoms. The lowest BCUT2D eigenvalue weighted by atomic mass is 9.90. The molecule has 2 heteroatoms. The van der Waals surface area contributed by atoms with E-state index in [1.165, 1.54) is 38.5 Å². The van der Waals surface area contributed by atoms with Gasteiger partial charge in [0.1, 0.15) is 0 Å². The normalized spacial score (nSPS) is 29.1. The first-order chi connectivity index (χ1) is 6.84. The molecule has 0 N–H and O–H groups in total. The maximum Gasteiger partial charge on any atom is 0.306 e. The van der Waals surface area contributed by atoms with E-state index in [0.29, 0.717) is 18.9 Å². The molecule has 2 nitrogen and oxygen atoms in total. The zero-order chi connectivity index (χ0) is 9.80. The SMILES string of the molecule is O=C1CC(CCC2CCCC2)CCO1. The summed E-state index contributed by atoms with van der Waals surface area (Å²) in [6.07, 6.45) is 10.1. The lowest BCUT2D eigenvalue weighted by Gasteiger charge is -2.22. The van der Waals surface area contributed by atoms with Crippen LogP contribution in [0.25, 0.3) is 0 Å². The number of hydrogen-bond donors (Lipinski definition) is 0. The number of carbonyl (C=O) groups is 1. The summed E-state index contributed by atoms with van der Waals surface area (Å²) in [5, 5.41) is 0. The van der Waals surface area contributed by atoms with Crippen molar-refractivity contribution in [2.24, 2.45) is 11.8 Å². The zero-order valence-electron chi connectivity index (χ0n) is 8.84. The van der Waals surface area contributed by atoms with Crippen LogP contribution in [0.4, 0.5) is 0 Å². The molecule has 0 aromatic heterocycles. The number of cyclic esters (lactones) is 1. The Hall–Kier alpha value is -0.530. The van der Waals surface area contributed by atoms with Crippen molar-refractivity contribution in [2.75, 3.05) is 6.61 Å². The molecule has 0 aromatic rings. The van der Waals surface area contributed by atoms with Gasteiger partial charge in [-0.1, -0.05) is 32.1 Å². The maximum absolute atomic E-state index is 11.0. The molecular formula is C12H20O2. The number of carbonyl (C=O) groups excluding carboxylic acids is 1. The van der Waals surface area contributed by atoms with Crippen LogP contribution >= 0.6 is 0 Å². The molecule has 1 aliphatic carbocycles. The van der Waals surface area contributed by atoms with Crippen LogP contribution in [-0.4, -0.2) is 12.6 Å². The van der Waals surface area contributed by atoms with Gasteiger partial charge in [-0.15, -0.1) is 0 Å². The first-order valence-electron chi connectivity index (χ1n) is 6.00. The first kappa shape index (κ1) is 10.0. The average molecular weight is 196 g/mol. The van der Waals surface area contributed by atoms with Gasteiger partial charge in [0.2, 0.25) is 0 Å². The highest BCUT2D eigenvalue weighted by molar-refractivity contribution is 5.70. The molecule has 0 aromatic carbocycles. The van der Waals surface area contributed by atoms with E-state index < -0.39 is 0 Å². The van der Waals surface area contributed by atoms with Crippen LogP contribution in [0, 0.1) is 11.8 Å². The van der Waals surface area contributed by atoms with Crippen LogP contribution in [0.1, 0.15) is 51.4 Å². The van der Waals surface area contributed by atoms with Crippen molar-refractivity contribution in [1.29, 1.82) is 0 Å². The van der Waals surface area contributed by atoms with Crippen molar-refractivity contribution in [3.8, 4) is 0 Å². The van der Waals surface area contributed by atoms with Crippen molar-refractivity contribution in [1.82, 2.24) is 0 Å². The van der Waals surface area contributed by atoms with Crippen molar-refractivity contribution in [3.63, 3.8) is 0 Å². The number of rotatable bonds is 3. The molecular weight excluding hydrogens is 176 g/mol. The van der Waals surface area contributed by atoms with E-state index in [2.05, 4.69) is 0 Å². The van der Waals surface area contributed by atoms with E-state index in [1.807, 2.05) is 0 Å². The minimum absolute atomic E-state index is 0.0210. The molecule has 80 valence electrons. The summed E-state index contributed by atoms with van der Waals surface area (Å²) in [5.74, 6) is 1.61. The first-order valence-corrected chi connectivity index (χ1v) is 6.00. The molecule has 1 saturated carbocycles. The lowest BCUT2D eigenvalue weighted by molar-refractivity contribution is -0.149. The van der Waals surface area contributed by atoms with Gasteiger partial charge in [0, 0.05) is 6.42 Å². The van der Waals surface area contributed by atoms with Crippen LogP contribution < -0.4 is 0 Å². The molecule has 1 atom stereocenters. The number of ether oxygens (including phenoxy) is 1. The highest BCUT2D eigenvalue weighted by atomic mass is 16.5. The van der Waals surface area contributed by atoms with Gasteiger partial charge in [0.05, 0.1) is 6.61 Å². The molecule has 2 fully saturated rings. The molecule has 1 aliphatic heterocycles. The van der Waals surface area contributed by atoms with E-state index >= 15 is 0 Å². The van der Waals surface area contributed by atoms with E-state index in [0.717, 1.165) is 12.3 Å². The fourth-order valence-corrected chi connectivity index (χ4v) is 2.75. The Morgan fingerprint density at radius 2 is 1.79 bits per heavy atom. The number of esters is 1. The summed E-state index contributed by atoms with van der Waals surface area (Å²) in [7, 11) is 0. The molecule has 2 aliphatic rings. The van der Waals surface area contributed by atoms with Gasteiger partial charge in [-0.25, -0.2) is 0 Å². The second kappa shape index (κ2) is 4.81. The highest BCUT2D eigenvalue weighted by Crippen LogP contribution is 2.31. The van der Waals surface area contributed by atoms with Crippen molar-refractivity contribution < 1.29 is 9.53 Å². The summed E-state index contributed by atoms with van der Waals surface area (Å²) in [6.45, 7) is 0.661. The van der Waals surface area contributed by atoms with Gasteiger partial charge in [-0.3, -0.25) is 4.79 Å². The predicted molar refractivity (Wildman–Crippen MR) is 54.9 cm³/mol. The third-order valence-corrected chi connectivity index (χ3v) is 3.70. The molecule has 2 rings (SSSR count). The Morgan fingerprint density at radius 3 is 2.50 bits per heavy atom. The van der Waals surface area contributed by atoms with Gasteiger partial charge in [0.15, 0.2) is 0 Å². The second-order valence-electron chi connectivity index (χ2n) is 4.81. The van der Waals surface area contributed by atoms with Gasteiger partial charge in [-0.2, -0.15) is 0 Å². The number of hydrogen-bond acceptors (Lipinski definition) is 2. The van der Waals surface area contributed by atoms with Crippen LogP contribution in [-0.2, 0) is 9.53 Å². The maximum atomic E-state index is 11.0. The molecule has 0 radical (unpaired) electrons. The summed E-state index contributed by atoms with van der Waals surface area (Å²) in [5.41, 5.74) is 0. The average Bonchev–Trinajstić information content (AvgIpc) is 2.67. The van der Waals surface area contributed by atoms with E-state index in [4.69, 9.17) is 4.74 Å². The Kier molecular flexibility index (Phi) is 3.44. The van der Waals surface area contributed by atoms with Crippen molar-refractivity contribution in [2.45, 2.75) is 51.4 Å². The summed E-state index contributed by atoms with van der Waals surface area (Å²) in [4.78, 5) is 11.0. The molecule has 14 heavy (non-hydrogen) atoms. The zero-order valence-corrected chi connectivity index (χ0v) is 8.84. The molecule has 0 bridgehead atoms. The Morgan fingerprint density at radius 1 is 1.07 bits per heavy atom. The Labute approximate surface area is 86.0 Å². The van der Waals surface area contributed by atoms with Crippen LogP contribution in [0.15, 0.2) is 0 Å². The Bertz CT molecular complexity index is 194.